The summed E-state index contributed by atoms with van der Waals surface area (Å²) in [6.45, 7) is 8.70. The fourth-order valence-corrected chi connectivity index (χ4v) is 2.79. The van der Waals surface area contributed by atoms with E-state index in [4.69, 9.17) is 0 Å². The van der Waals surface area contributed by atoms with Crippen LogP contribution in [-0.2, 0) is 0 Å². The Kier molecular flexibility index (Phi) is 5.62. The van der Waals surface area contributed by atoms with Gasteiger partial charge in [-0.15, -0.1) is 0 Å². The molecule has 0 atom stereocenters. The van der Waals surface area contributed by atoms with Gasteiger partial charge in [-0.25, -0.2) is 0 Å². The zero-order valence-corrected chi connectivity index (χ0v) is 14.6. The van der Waals surface area contributed by atoms with Crippen molar-refractivity contribution in [2.75, 3.05) is 32.1 Å². The Labute approximate surface area is 135 Å². The van der Waals surface area contributed by atoms with E-state index in [1.807, 2.05) is 0 Å². The molecule has 0 aliphatic rings. The highest BCUT2D eigenvalue weighted by Crippen LogP contribution is 2.31. The molecule has 0 bridgehead atoms. The Bertz CT molecular complexity index is 617. The summed E-state index contributed by atoms with van der Waals surface area (Å²) in [6, 6.07) is 15.4. The van der Waals surface area contributed by atoms with Crippen molar-refractivity contribution in [2.45, 2.75) is 27.2 Å². The average molecular weight is 296 g/mol. The smallest absolute Gasteiger partial charge is 0.0443 e. The molecule has 2 heteroatoms. The Morgan fingerprint density at radius 2 is 1.45 bits per heavy atom. The largest absolute Gasteiger partial charge is 0.341 e. The number of rotatable bonds is 6. The van der Waals surface area contributed by atoms with Gasteiger partial charge in [0.05, 0.1) is 0 Å². The van der Waals surface area contributed by atoms with Gasteiger partial charge >= 0.3 is 0 Å². The van der Waals surface area contributed by atoms with Gasteiger partial charge in [-0.05, 0) is 76.7 Å². The Balaban J connectivity index is 2.37. The van der Waals surface area contributed by atoms with Crippen molar-refractivity contribution in [3.63, 3.8) is 0 Å². The van der Waals surface area contributed by atoms with Gasteiger partial charge in [0.15, 0.2) is 0 Å². The topological polar surface area (TPSA) is 6.48 Å². The summed E-state index contributed by atoms with van der Waals surface area (Å²) in [7, 11) is 4.27. The summed E-state index contributed by atoms with van der Waals surface area (Å²) < 4.78 is 0. The first-order chi connectivity index (χ1) is 10.5. The molecule has 2 nitrogen and oxygen atoms in total. The van der Waals surface area contributed by atoms with E-state index in [-0.39, 0.29) is 0 Å². The van der Waals surface area contributed by atoms with Crippen LogP contribution in [0, 0.1) is 20.8 Å². The zero-order chi connectivity index (χ0) is 16.1. The average Bonchev–Trinajstić information content (AvgIpc) is 2.47. The first kappa shape index (κ1) is 16.6. The fraction of sp³-hybridized carbons (Fsp3) is 0.400. The third-order valence-electron chi connectivity index (χ3n) is 4.05. The maximum absolute atomic E-state index is 2.47. The molecular weight excluding hydrogens is 268 g/mol. The van der Waals surface area contributed by atoms with Crippen LogP contribution in [0.15, 0.2) is 42.5 Å². The number of benzene rings is 2. The van der Waals surface area contributed by atoms with Crippen LogP contribution in [0.3, 0.4) is 0 Å². The summed E-state index contributed by atoms with van der Waals surface area (Å²) >= 11 is 0. The predicted octanol–water partition coefficient (Wildman–Crippen LogP) is 4.70. The predicted molar refractivity (Wildman–Crippen MR) is 97.3 cm³/mol. The first-order valence-electron chi connectivity index (χ1n) is 8.04. The van der Waals surface area contributed by atoms with Gasteiger partial charge < -0.3 is 9.80 Å². The van der Waals surface area contributed by atoms with Crippen molar-refractivity contribution < 1.29 is 0 Å². The van der Waals surface area contributed by atoms with Crippen molar-refractivity contribution in [2.24, 2.45) is 0 Å². The summed E-state index contributed by atoms with van der Waals surface area (Å²) in [6.07, 6.45) is 1.15. The van der Waals surface area contributed by atoms with Crippen LogP contribution in [0.2, 0.25) is 0 Å². The number of nitrogens with zero attached hydrogens (tertiary/aromatic N) is 2. The Morgan fingerprint density at radius 3 is 2.14 bits per heavy atom. The molecular formula is C20H28N2. The molecule has 0 unspecified atom stereocenters. The van der Waals surface area contributed by atoms with Crippen molar-refractivity contribution in [3.8, 4) is 0 Å². The minimum atomic E-state index is 1.04. The van der Waals surface area contributed by atoms with E-state index in [1.54, 1.807) is 0 Å². The maximum atomic E-state index is 2.47. The van der Waals surface area contributed by atoms with Gasteiger partial charge in [0.2, 0.25) is 0 Å². The monoisotopic (exact) mass is 296 g/mol. The van der Waals surface area contributed by atoms with Crippen LogP contribution in [-0.4, -0.2) is 32.1 Å². The Hall–Kier alpha value is -1.80. The molecule has 0 heterocycles. The highest BCUT2D eigenvalue weighted by atomic mass is 15.1. The van der Waals surface area contributed by atoms with E-state index in [2.05, 4.69) is 87.1 Å². The number of hydrogen-bond donors (Lipinski definition) is 0. The molecule has 0 fully saturated rings. The van der Waals surface area contributed by atoms with Crippen LogP contribution in [0.5, 0.6) is 0 Å². The number of aryl methyl sites for hydroxylation is 3. The standard InChI is InChI=1S/C20H28N2/c1-16-11-12-18(3)20(15-16)22(14-8-13-21(4)5)19-10-7-6-9-17(19)2/h6-7,9-12,15H,8,13-14H2,1-5H3. The molecule has 0 N–H and O–H groups in total. The van der Waals surface area contributed by atoms with Crippen molar-refractivity contribution in [3.05, 3.63) is 59.2 Å². The van der Waals surface area contributed by atoms with E-state index in [1.165, 1.54) is 28.1 Å². The molecule has 0 spiro atoms. The molecule has 0 saturated carbocycles. The lowest BCUT2D eigenvalue weighted by molar-refractivity contribution is 0.402. The Morgan fingerprint density at radius 1 is 0.773 bits per heavy atom. The molecule has 2 aromatic rings. The zero-order valence-electron chi connectivity index (χ0n) is 14.6. The van der Waals surface area contributed by atoms with Crippen LogP contribution < -0.4 is 4.90 Å². The van der Waals surface area contributed by atoms with E-state index in [0.717, 1.165) is 19.5 Å². The molecule has 0 radical (unpaired) electrons. The van der Waals surface area contributed by atoms with Crippen LogP contribution >= 0.6 is 0 Å². The third-order valence-corrected chi connectivity index (χ3v) is 4.05. The molecule has 2 aromatic carbocycles. The van der Waals surface area contributed by atoms with Crippen LogP contribution in [0.4, 0.5) is 11.4 Å². The second-order valence-corrected chi connectivity index (χ2v) is 6.38. The normalized spacial score (nSPS) is 11.0. The van der Waals surface area contributed by atoms with Gasteiger partial charge in [-0.3, -0.25) is 0 Å². The molecule has 0 amide bonds. The highest BCUT2D eigenvalue weighted by Gasteiger charge is 2.13. The number of anilines is 2. The van der Waals surface area contributed by atoms with E-state index in [0.29, 0.717) is 0 Å². The third kappa shape index (κ3) is 4.11. The quantitative estimate of drug-likeness (QED) is 0.762. The highest BCUT2D eigenvalue weighted by molar-refractivity contribution is 5.69. The minimum Gasteiger partial charge on any atom is -0.341 e. The lowest BCUT2D eigenvalue weighted by Crippen LogP contribution is -2.24. The van der Waals surface area contributed by atoms with Crippen molar-refractivity contribution in [1.82, 2.24) is 4.90 Å². The van der Waals surface area contributed by atoms with Gasteiger partial charge in [0.25, 0.3) is 0 Å². The minimum absolute atomic E-state index is 1.04. The molecule has 2 rings (SSSR count). The molecule has 0 aromatic heterocycles. The summed E-state index contributed by atoms with van der Waals surface area (Å²) in [5, 5.41) is 0. The second kappa shape index (κ2) is 7.46. The van der Waals surface area contributed by atoms with Gasteiger partial charge in [-0.1, -0.05) is 30.3 Å². The number of hydrogen-bond acceptors (Lipinski definition) is 2. The molecule has 0 aliphatic heterocycles. The van der Waals surface area contributed by atoms with Gasteiger partial charge in [0, 0.05) is 17.9 Å². The molecule has 22 heavy (non-hydrogen) atoms. The van der Waals surface area contributed by atoms with Crippen LogP contribution in [0.1, 0.15) is 23.1 Å². The van der Waals surface area contributed by atoms with E-state index >= 15 is 0 Å². The molecule has 0 aliphatic carbocycles. The van der Waals surface area contributed by atoms with Crippen molar-refractivity contribution in [1.29, 1.82) is 0 Å². The van der Waals surface area contributed by atoms with Gasteiger partial charge in [-0.2, -0.15) is 0 Å². The summed E-state index contributed by atoms with van der Waals surface area (Å²) in [5.41, 5.74) is 6.61. The number of para-hydroxylation sites is 1. The maximum Gasteiger partial charge on any atom is 0.0443 e. The van der Waals surface area contributed by atoms with E-state index in [9.17, 15) is 0 Å². The SMILES string of the molecule is Cc1ccc(C)c(N(CCCN(C)C)c2ccccc2C)c1. The van der Waals surface area contributed by atoms with Crippen molar-refractivity contribution >= 4 is 11.4 Å². The van der Waals surface area contributed by atoms with E-state index < -0.39 is 0 Å². The molecule has 0 saturated heterocycles. The summed E-state index contributed by atoms with van der Waals surface area (Å²) in [5.74, 6) is 0. The second-order valence-electron chi connectivity index (χ2n) is 6.38. The summed E-state index contributed by atoms with van der Waals surface area (Å²) in [4.78, 5) is 4.72. The lowest BCUT2D eigenvalue weighted by Gasteiger charge is -2.29. The first-order valence-corrected chi connectivity index (χ1v) is 8.04. The lowest BCUT2D eigenvalue weighted by atomic mass is 10.1. The van der Waals surface area contributed by atoms with Gasteiger partial charge in [0.1, 0.15) is 0 Å². The fourth-order valence-electron chi connectivity index (χ4n) is 2.79. The molecule has 118 valence electrons. The van der Waals surface area contributed by atoms with Crippen LogP contribution in [0.25, 0.3) is 0 Å².